The lowest BCUT2D eigenvalue weighted by Gasteiger charge is -2.39. The van der Waals surface area contributed by atoms with Crippen LogP contribution in [0.2, 0.25) is 5.02 Å². The molecule has 1 aromatic carbocycles. The van der Waals surface area contributed by atoms with Crippen LogP contribution in [0.15, 0.2) is 18.2 Å². The molecular weight excluding hydrogens is 393 g/mol. The van der Waals surface area contributed by atoms with Crippen molar-refractivity contribution in [2.75, 3.05) is 44.2 Å². The summed E-state index contributed by atoms with van der Waals surface area (Å²) < 4.78 is 19.0. The van der Waals surface area contributed by atoms with Crippen molar-refractivity contribution < 1.29 is 13.9 Å². The van der Waals surface area contributed by atoms with Crippen LogP contribution >= 0.6 is 11.6 Å². The van der Waals surface area contributed by atoms with Crippen molar-refractivity contribution in [2.24, 2.45) is 0 Å². The molecule has 29 heavy (non-hydrogen) atoms. The summed E-state index contributed by atoms with van der Waals surface area (Å²) >= 11 is 6.46. The fraction of sp³-hybridized carbons (Fsp3) is 0.682. The highest BCUT2D eigenvalue weighted by Gasteiger charge is 2.28. The second kappa shape index (κ2) is 9.09. The zero-order valence-corrected chi connectivity index (χ0v) is 18.7. The Kier molecular flexibility index (Phi) is 6.94. The lowest BCUT2D eigenvalue weighted by molar-refractivity contribution is 0.0110. The van der Waals surface area contributed by atoms with E-state index in [0.29, 0.717) is 44.0 Å². The summed E-state index contributed by atoms with van der Waals surface area (Å²) in [6, 6.07) is 6.37. The van der Waals surface area contributed by atoms with E-state index in [4.69, 9.17) is 16.3 Å². The van der Waals surface area contributed by atoms with E-state index in [9.17, 15) is 9.18 Å². The monoisotopic (exact) mass is 425 g/mol. The van der Waals surface area contributed by atoms with E-state index >= 15 is 0 Å². The fourth-order valence-electron chi connectivity index (χ4n) is 3.95. The molecule has 2 fully saturated rings. The maximum Gasteiger partial charge on any atom is 0.410 e. The number of anilines is 1. The Bertz CT molecular complexity index is 708. The maximum absolute atomic E-state index is 13.5. The Morgan fingerprint density at radius 1 is 1.14 bits per heavy atom. The number of ether oxygens (including phenoxy) is 1. The predicted molar refractivity (Wildman–Crippen MR) is 116 cm³/mol. The number of piperidine rings is 1. The third kappa shape index (κ3) is 5.76. The van der Waals surface area contributed by atoms with E-state index in [1.54, 1.807) is 4.90 Å². The molecule has 3 rings (SSSR count). The second-order valence-electron chi connectivity index (χ2n) is 9.05. The normalized spacial score (nSPS) is 20.6. The van der Waals surface area contributed by atoms with E-state index < -0.39 is 11.8 Å². The number of piperazine rings is 1. The number of rotatable bonds is 3. The molecule has 1 amide bonds. The van der Waals surface area contributed by atoms with E-state index in [1.807, 2.05) is 26.8 Å². The average Bonchev–Trinajstić information content (AvgIpc) is 2.67. The van der Waals surface area contributed by atoms with Gasteiger partial charge in [-0.15, -0.1) is 0 Å². The number of hydrogen-bond acceptors (Lipinski definition) is 4. The molecular formula is C22H33ClFN3O2. The molecule has 1 aromatic rings. The van der Waals surface area contributed by atoms with Crippen LogP contribution in [-0.4, -0.2) is 66.9 Å². The zero-order chi connectivity index (χ0) is 21.2. The SMILES string of the molecule is CC(c1ccc(Cl)c(N2CCC(F)CC2)c1)N1CCN(C(=O)OC(C)(C)C)CC1. The Morgan fingerprint density at radius 2 is 1.76 bits per heavy atom. The largest absolute Gasteiger partial charge is 0.444 e. The van der Waals surface area contributed by atoms with Crippen LogP contribution in [0.4, 0.5) is 14.9 Å². The number of benzene rings is 1. The summed E-state index contributed by atoms with van der Waals surface area (Å²) in [4.78, 5) is 18.6. The van der Waals surface area contributed by atoms with Gasteiger partial charge in [0.1, 0.15) is 11.8 Å². The molecule has 162 valence electrons. The van der Waals surface area contributed by atoms with Gasteiger partial charge in [0.05, 0.1) is 10.7 Å². The summed E-state index contributed by atoms with van der Waals surface area (Å²) in [5, 5.41) is 0.716. The number of carbonyl (C=O) groups excluding carboxylic acids is 1. The lowest BCUT2D eigenvalue weighted by atomic mass is 10.0. The number of hydrogen-bond donors (Lipinski definition) is 0. The summed E-state index contributed by atoms with van der Waals surface area (Å²) in [6.45, 7) is 12.2. The third-order valence-electron chi connectivity index (χ3n) is 5.73. The minimum atomic E-state index is -0.701. The molecule has 0 aromatic heterocycles. The van der Waals surface area contributed by atoms with Crippen LogP contribution in [0.25, 0.3) is 0 Å². The van der Waals surface area contributed by atoms with Crippen LogP contribution in [-0.2, 0) is 4.74 Å². The molecule has 1 unspecified atom stereocenters. The molecule has 2 heterocycles. The highest BCUT2D eigenvalue weighted by Crippen LogP contribution is 2.33. The Morgan fingerprint density at radius 3 is 2.34 bits per heavy atom. The van der Waals surface area contributed by atoms with Gasteiger partial charge in [0.2, 0.25) is 0 Å². The number of amides is 1. The molecule has 2 saturated heterocycles. The van der Waals surface area contributed by atoms with Crippen LogP contribution in [0.1, 0.15) is 52.1 Å². The van der Waals surface area contributed by atoms with Gasteiger partial charge in [-0.2, -0.15) is 0 Å². The highest BCUT2D eigenvalue weighted by atomic mass is 35.5. The molecule has 2 aliphatic heterocycles. The first-order valence-electron chi connectivity index (χ1n) is 10.5. The van der Waals surface area contributed by atoms with Gasteiger partial charge in [-0.05, 0) is 58.2 Å². The Labute approximate surface area is 178 Å². The first kappa shape index (κ1) is 22.2. The van der Waals surface area contributed by atoms with E-state index in [2.05, 4.69) is 28.9 Å². The van der Waals surface area contributed by atoms with E-state index in [1.165, 1.54) is 5.56 Å². The van der Waals surface area contributed by atoms with E-state index in [0.717, 1.165) is 18.8 Å². The van der Waals surface area contributed by atoms with Gasteiger partial charge in [-0.3, -0.25) is 4.90 Å². The molecule has 5 nitrogen and oxygen atoms in total. The number of alkyl halides is 1. The van der Waals surface area contributed by atoms with E-state index in [-0.39, 0.29) is 12.1 Å². The summed E-state index contributed by atoms with van der Waals surface area (Å²) in [5.41, 5.74) is 1.71. The van der Waals surface area contributed by atoms with Gasteiger partial charge in [0.15, 0.2) is 0 Å². The fourth-order valence-corrected chi connectivity index (χ4v) is 4.19. The molecule has 0 aliphatic carbocycles. The maximum atomic E-state index is 13.5. The summed E-state index contributed by atoms with van der Waals surface area (Å²) in [6.07, 6.45) is 0.175. The minimum absolute atomic E-state index is 0.213. The van der Waals surface area contributed by atoms with Gasteiger partial charge in [-0.1, -0.05) is 17.7 Å². The Hall–Kier alpha value is -1.53. The molecule has 0 bridgehead atoms. The zero-order valence-electron chi connectivity index (χ0n) is 18.0. The summed E-state index contributed by atoms with van der Waals surface area (Å²) in [7, 11) is 0. The van der Waals surface area contributed by atoms with Crippen molar-refractivity contribution in [2.45, 2.75) is 58.4 Å². The molecule has 0 saturated carbocycles. The summed E-state index contributed by atoms with van der Waals surface area (Å²) in [5.74, 6) is 0. The first-order chi connectivity index (χ1) is 13.6. The highest BCUT2D eigenvalue weighted by molar-refractivity contribution is 6.33. The average molecular weight is 426 g/mol. The topological polar surface area (TPSA) is 36.0 Å². The van der Waals surface area contributed by atoms with Crippen molar-refractivity contribution in [1.82, 2.24) is 9.80 Å². The van der Waals surface area contributed by atoms with Gasteiger partial charge < -0.3 is 14.5 Å². The van der Waals surface area contributed by atoms with Crippen molar-refractivity contribution in [1.29, 1.82) is 0 Å². The van der Waals surface area contributed by atoms with Crippen molar-refractivity contribution in [3.63, 3.8) is 0 Å². The van der Waals surface area contributed by atoms with Crippen molar-refractivity contribution >= 4 is 23.4 Å². The van der Waals surface area contributed by atoms with Crippen LogP contribution in [0, 0.1) is 0 Å². The smallest absolute Gasteiger partial charge is 0.410 e. The van der Waals surface area contributed by atoms with Gasteiger partial charge >= 0.3 is 6.09 Å². The number of carbonyl (C=O) groups is 1. The van der Waals surface area contributed by atoms with Crippen LogP contribution < -0.4 is 4.90 Å². The van der Waals surface area contributed by atoms with Crippen molar-refractivity contribution in [3.8, 4) is 0 Å². The first-order valence-corrected chi connectivity index (χ1v) is 10.9. The van der Waals surface area contributed by atoms with Crippen LogP contribution in [0.5, 0.6) is 0 Å². The molecule has 0 spiro atoms. The van der Waals surface area contributed by atoms with Gasteiger partial charge in [0, 0.05) is 45.3 Å². The second-order valence-corrected chi connectivity index (χ2v) is 9.46. The number of nitrogens with zero attached hydrogens (tertiary/aromatic N) is 3. The lowest BCUT2D eigenvalue weighted by Crippen LogP contribution is -2.50. The molecule has 0 radical (unpaired) electrons. The number of halogens is 2. The predicted octanol–water partition coefficient (Wildman–Crippen LogP) is 4.89. The standard InChI is InChI=1S/C22H33ClFN3O2/c1-16(25-11-13-27(14-12-25)21(28)29-22(2,3)4)17-5-6-19(23)20(15-17)26-9-7-18(24)8-10-26/h5-6,15-16,18H,7-14H2,1-4H3. The quantitative estimate of drug-likeness (QED) is 0.690. The Balaban J connectivity index is 1.62. The molecule has 7 heteroatoms. The third-order valence-corrected chi connectivity index (χ3v) is 6.05. The van der Waals surface area contributed by atoms with Gasteiger partial charge in [0.25, 0.3) is 0 Å². The molecule has 2 aliphatic rings. The van der Waals surface area contributed by atoms with Gasteiger partial charge in [-0.25, -0.2) is 9.18 Å². The van der Waals surface area contributed by atoms with Crippen molar-refractivity contribution in [3.05, 3.63) is 28.8 Å². The van der Waals surface area contributed by atoms with Crippen LogP contribution in [0.3, 0.4) is 0 Å². The molecule has 1 atom stereocenters. The molecule has 0 N–H and O–H groups in total. The minimum Gasteiger partial charge on any atom is -0.444 e.